The molecule has 4 atom stereocenters. The summed E-state index contributed by atoms with van der Waals surface area (Å²) in [5.74, 6) is 1.30. The molecule has 2 fully saturated rings. The number of hydrogen-bond donors (Lipinski definition) is 3. The molecule has 0 aromatic heterocycles. The molecule has 3 unspecified atom stereocenters. The molecule has 1 aliphatic heterocycles. The fraction of sp³-hybridized carbons (Fsp3) is 0.909. The summed E-state index contributed by atoms with van der Waals surface area (Å²) < 4.78 is 0. The minimum Gasteiger partial charge on any atom is -0.349 e. The van der Waals surface area contributed by atoms with Crippen molar-refractivity contribution < 1.29 is 4.79 Å². The maximum atomic E-state index is 11.6. The van der Waals surface area contributed by atoms with E-state index in [9.17, 15) is 4.79 Å². The van der Waals surface area contributed by atoms with E-state index in [2.05, 4.69) is 17.6 Å². The van der Waals surface area contributed by atoms with Crippen molar-refractivity contribution in [1.29, 1.82) is 0 Å². The molecule has 0 aromatic rings. The number of carbonyl (C=O) groups excluding carboxylic acids is 1. The van der Waals surface area contributed by atoms with Gasteiger partial charge in [0.25, 0.3) is 0 Å². The number of hydrogen-bond acceptors (Lipinski definition) is 3. The van der Waals surface area contributed by atoms with Gasteiger partial charge in [0, 0.05) is 12.1 Å². The topological polar surface area (TPSA) is 67.2 Å². The molecule has 0 radical (unpaired) electrons. The predicted octanol–water partition coefficient (Wildman–Crippen LogP) is -0.162. The van der Waals surface area contributed by atoms with Crippen LogP contribution in [0.1, 0.15) is 26.7 Å². The van der Waals surface area contributed by atoms with Crippen LogP contribution in [0.4, 0.5) is 0 Å². The van der Waals surface area contributed by atoms with Crippen LogP contribution in [-0.2, 0) is 4.79 Å². The Bertz CT molecular complexity index is 267. The molecule has 4 N–H and O–H groups in total. The summed E-state index contributed by atoms with van der Waals surface area (Å²) in [5, 5.41) is 6.52. The van der Waals surface area contributed by atoms with Gasteiger partial charge in [-0.15, -0.1) is 0 Å². The van der Waals surface area contributed by atoms with Gasteiger partial charge in [0.15, 0.2) is 0 Å². The molecule has 1 amide bonds. The average Bonchev–Trinajstić information content (AvgIpc) is 2.71. The van der Waals surface area contributed by atoms with Gasteiger partial charge in [-0.05, 0) is 45.1 Å². The van der Waals surface area contributed by atoms with Crippen molar-refractivity contribution in [3.63, 3.8) is 0 Å². The molecule has 1 saturated carbocycles. The number of nitrogens with one attached hydrogen (secondary N) is 2. The Hall–Kier alpha value is -0.610. The molecule has 86 valence electrons. The zero-order valence-corrected chi connectivity index (χ0v) is 9.55. The van der Waals surface area contributed by atoms with E-state index in [1.165, 1.54) is 6.42 Å². The van der Waals surface area contributed by atoms with Gasteiger partial charge >= 0.3 is 0 Å². The van der Waals surface area contributed by atoms with Gasteiger partial charge in [-0.25, -0.2) is 0 Å². The SMILES string of the molecule is C[C@H](N)C(=O)NC1(C)CCC2CNCC21. The van der Waals surface area contributed by atoms with Gasteiger partial charge in [-0.1, -0.05) is 0 Å². The predicted molar refractivity (Wildman–Crippen MR) is 59.3 cm³/mol. The summed E-state index contributed by atoms with van der Waals surface area (Å²) in [6.45, 7) is 6.03. The summed E-state index contributed by atoms with van der Waals surface area (Å²) in [6.07, 6.45) is 2.30. The van der Waals surface area contributed by atoms with Crippen molar-refractivity contribution in [1.82, 2.24) is 10.6 Å². The molecule has 1 aliphatic carbocycles. The largest absolute Gasteiger partial charge is 0.349 e. The highest BCUT2D eigenvalue weighted by Gasteiger charge is 2.48. The molecule has 0 spiro atoms. The van der Waals surface area contributed by atoms with E-state index in [1.54, 1.807) is 6.92 Å². The second kappa shape index (κ2) is 3.76. The summed E-state index contributed by atoms with van der Waals surface area (Å²) in [4.78, 5) is 11.6. The second-order valence-corrected chi connectivity index (χ2v) is 5.26. The number of amides is 1. The van der Waals surface area contributed by atoms with E-state index in [0.29, 0.717) is 5.92 Å². The number of fused-ring (bicyclic) bond motifs is 1. The Kier molecular flexibility index (Phi) is 2.73. The van der Waals surface area contributed by atoms with Crippen LogP contribution in [0.3, 0.4) is 0 Å². The van der Waals surface area contributed by atoms with Crippen LogP contribution in [0.2, 0.25) is 0 Å². The Balaban J connectivity index is 2.04. The van der Waals surface area contributed by atoms with Gasteiger partial charge in [-0.2, -0.15) is 0 Å². The molecule has 0 bridgehead atoms. The third-order valence-corrected chi connectivity index (χ3v) is 4.01. The normalized spacial score (nSPS) is 41.3. The standard InChI is InChI=1S/C11H21N3O/c1-7(12)10(15)14-11(2)4-3-8-5-13-6-9(8)11/h7-9,13H,3-6,12H2,1-2H3,(H,14,15)/t7-,8?,9?,11?/m0/s1. The first-order chi connectivity index (χ1) is 7.03. The van der Waals surface area contributed by atoms with Crippen LogP contribution in [0.5, 0.6) is 0 Å². The van der Waals surface area contributed by atoms with E-state index >= 15 is 0 Å². The zero-order chi connectivity index (χ0) is 11.1. The maximum Gasteiger partial charge on any atom is 0.237 e. The minimum atomic E-state index is -0.407. The van der Waals surface area contributed by atoms with E-state index in [-0.39, 0.29) is 11.4 Å². The lowest BCUT2D eigenvalue weighted by molar-refractivity contribution is -0.124. The highest BCUT2D eigenvalue weighted by Crippen LogP contribution is 2.41. The molecule has 15 heavy (non-hydrogen) atoms. The smallest absolute Gasteiger partial charge is 0.237 e. The minimum absolute atomic E-state index is 0.0231. The molecule has 4 heteroatoms. The van der Waals surface area contributed by atoms with Crippen molar-refractivity contribution in [3.8, 4) is 0 Å². The molecular formula is C11H21N3O. The molecule has 0 aromatic carbocycles. The second-order valence-electron chi connectivity index (χ2n) is 5.26. The lowest BCUT2D eigenvalue weighted by atomic mass is 9.86. The fourth-order valence-corrected chi connectivity index (χ4v) is 3.00. The van der Waals surface area contributed by atoms with E-state index in [4.69, 9.17) is 5.73 Å². The van der Waals surface area contributed by atoms with E-state index in [0.717, 1.165) is 25.4 Å². The van der Waals surface area contributed by atoms with E-state index in [1.807, 2.05) is 0 Å². The van der Waals surface area contributed by atoms with Gasteiger partial charge in [0.1, 0.15) is 0 Å². The Morgan fingerprint density at radius 1 is 1.60 bits per heavy atom. The first kappa shape index (κ1) is 10.9. The Morgan fingerprint density at radius 2 is 2.33 bits per heavy atom. The monoisotopic (exact) mass is 211 g/mol. The first-order valence-electron chi connectivity index (χ1n) is 5.81. The summed E-state index contributed by atoms with van der Waals surface area (Å²) >= 11 is 0. The molecule has 2 aliphatic rings. The van der Waals surface area contributed by atoms with Gasteiger partial charge in [0.2, 0.25) is 5.91 Å². The third kappa shape index (κ3) is 1.88. The maximum absolute atomic E-state index is 11.6. The number of carbonyl (C=O) groups is 1. The van der Waals surface area contributed by atoms with Crippen LogP contribution in [-0.4, -0.2) is 30.6 Å². The van der Waals surface area contributed by atoms with Gasteiger partial charge in [-0.3, -0.25) is 4.79 Å². The van der Waals surface area contributed by atoms with Crippen LogP contribution in [0.25, 0.3) is 0 Å². The molecule has 4 nitrogen and oxygen atoms in total. The van der Waals surface area contributed by atoms with E-state index < -0.39 is 6.04 Å². The van der Waals surface area contributed by atoms with Gasteiger partial charge < -0.3 is 16.4 Å². The third-order valence-electron chi connectivity index (χ3n) is 4.01. The zero-order valence-electron chi connectivity index (χ0n) is 9.55. The highest BCUT2D eigenvalue weighted by atomic mass is 16.2. The van der Waals surface area contributed by atoms with Crippen molar-refractivity contribution in [2.45, 2.75) is 38.3 Å². The lowest BCUT2D eigenvalue weighted by Crippen LogP contribution is -2.54. The summed E-state index contributed by atoms with van der Waals surface area (Å²) in [7, 11) is 0. The lowest BCUT2D eigenvalue weighted by Gasteiger charge is -2.32. The van der Waals surface area contributed by atoms with Crippen molar-refractivity contribution >= 4 is 5.91 Å². The highest BCUT2D eigenvalue weighted by molar-refractivity contribution is 5.81. The van der Waals surface area contributed by atoms with Crippen LogP contribution in [0, 0.1) is 11.8 Å². The molecule has 1 saturated heterocycles. The van der Waals surface area contributed by atoms with Crippen LogP contribution >= 0.6 is 0 Å². The molecule has 1 heterocycles. The van der Waals surface area contributed by atoms with Crippen LogP contribution in [0.15, 0.2) is 0 Å². The molecule has 2 rings (SSSR count). The first-order valence-corrected chi connectivity index (χ1v) is 5.81. The summed E-state index contributed by atoms with van der Waals surface area (Å²) in [5.41, 5.74) is 5.54. The van der Waals surface area contributed by atoms with Crippen molar-refractivity contribution in [2.75, 3.05) is 13.1 Å². The van der Waals surface area contributed by atoms with Crippen LogP contribution < -0.4 is 16.4 Å². The van der Waals surface area contributed by atoms with Crippen molar-refractivity contribution in [3.05, 3.63) is 0 Å². The number of rotatable bonds is 2. The quantitative estimate of drug-likeness (QED) is 0.594. The summed E-state index contributed by atoms with van der Waals surface area (Å²) in [6, 6.07) is -0.407. The molecular weight excluding hydrogens is 190 g/mol. The Labute approximate surface area is 91.0 Å². The fourth-order valence-electron chi connectivity index (χ4n) is 3.00. The Morgan fingerprint density at radius 3 is 3.00 bits per heavy atom. The van der Waals surface area contributed by atoms with Crippen molar-refractivity contribution in [2.24, 2.45) is 17.6 Å². The van der Waals surface area contributed by atoms with Gasteiger partial charge in [0.05, 0.1) is 6.04 Å². The average molecular weight is 211 g/mol. The number of nitrogens with two attached hydrogens (primary N) is 1.